The molecule has 1 fully saturated rings. The predicted molar refractivity (Wildman–Crippen MR) is 132 cm³/mol. The van der Waals surface area contributed by atoms with Gasteiger partial charge in [-0.3, -0.25) is 4.79 Å². The molecule has 1 aliphatic heterocycles. The Morgan fingerprint density at radius 3 is 2.29 bits per heavy atom. The molecule has 0 radical (unpaired) electrons. The summed E-state index contributed by atoms with van der Waals surface area (Å²) in [6.07, 6.45) is 4.86. The largest absolute Gasteiger partial charge is 0.508 e. The first-order chi connectivity index (χ1) is 16.9. The van der Waals surface area contributed by atoms with E-state index in [1.165, 1.54) is 0 Å². The summed E-state index contributed by atoms with van der Waals surface area (Å²) < 4.78 is 11.2. The molecule has 2 aromatic carbocycles. The standard InChI is InChI=1S/C29H31NO5/c1-17-26(29(33)35-23-5-3-4-6-23)27(19-7-11-21(31)12-8-19)28-24(30-17)15-20(16-25(28)32)18-9-13-22(34-2)14-10-18/h7-14,20,23,27,30-31H,3-6,15-16H2,1-2H3/t20-,27+/m1/s1. The molecule has 1 saturated carbocycles. The van der Waals surface area contributed by atoms with E-state index in [9.17, 15) is 14.7 Å². The molecule has 35 heavy (non-hydrogen) atoms. The molecule has 1 heterocycles. The lowest BCUT2D eigenvalue weighted by Crippen LogP contribution is -2.36. The molecule has 2 N–H and O–H groups in total. The van der Waals surface area contributed by atoms with Crippen LogP contribution in [0.15, 0.2) is 71.1 Å². The van der Waals surface area contributed by atoms with Crippen LogP contribution in [0.2, 0.25) is 0 Å². The Labute approximate surface area is 205 Å². The molecule has 6 nitrogen and oxygen atoms in total. The molecule has 182 valence electrons. The number of ketones is 1. The fourth-order valence-corrected chi connectivity index (χ4v) is 5.64. The number of phenols is 1. The van der Waals surface area contributed by atoms with Crippen molar-refractivity contribution in [1.29, 1.82) is 0 Å². The second kappa shape index (κ2) is 9.61. The highest BCUT2D eigenvalue weighted by atomic mass is 16.5. The van der Waals surface area contributed by atoms with E-state index in [0.717, 1.165) is 48.3 Å². The lowest BCUT2D eigenvalue weighted by atomic mass is 9.71. The zero-order valence-electron chi connectivity index (χ0n) is 20.2. The Bertz CT molecular complexity index is 1190. The summed E-state index contributed by atoms with van der Waals surface area (Å²) in [5.74, 6) is 0.100. The molecule has 2 atom stereocenters. The molecule has 2 aromatic rings. The van der Waals surface area contributed by atoms with Gasteiger partial charge in [-0.1, -0.05) is 24.3 Å². The summed E-state index contributed by atoms with van der Waals surface area (Å²) in [5.41, 5.74) is 4.57. The summed E-state index contributed by atoms with van der Waals surface area (Å²) in [6.45, 7) is 1.88. The van der Waals surface area contributed by atoms with Gasteiger partial charge in [-0.05, 0) is 80.3 Å². The minimum absolute atomic E-state index is 0.0244. The minimum atomic E-state index is -0.523. The van der Waals surface area contributed by atoms with Crippen molar-refractivity contribution in [3.05, 3.63) is 82.2 Å². The summed E-state index contributed by atoms with van der Waals surface area (Å²) in [6, 6.07) is 14.6. The first kappa shape index (κ1) is 23.2. The molecule has 0 aromatic heterocycles. The van der Waals surface area contributed by atoms with E-state index in [0.29, 0.717) is 29.7 Å². The lowest BCUT2D eigenvalue weighted by Gasteiger charge is -2.37. The van der Waals surface area contributed by atoms with Gasteiger partial charge in [0.15, 0.2) is 5.78 Å². The molecule has 6 heteroatoms. The highest BCUT2D eigenvalue weighted by Crippen LogP contribution is 2.46. The van der Waals surface area contributed by atoms with Gasteiger partial charge >= 0.3 is 5.97 Å². The molecular formula is C29H31NO5. The number of methoxy groups -OCH3 is 1. The van der Waals surface area contributed by atoms with Gasteiger partial charge < -0.3 is 19.9 Å². The molecule has 5 rings (SSSR count). The zero-order valence-corrected chi connectivity index (χ0v) is 20.2. The smallest absolute Gasteiger partial charge is 0.337 e. The molecule has 0 spiro atoms. The summed E-state index contributed by atoms with van der Waals surface area (Å²) in [5, 5.41) is 13.3. The van der Waals surface area contributed by atoms with E-state index in [-0.39, 0.29) is 29.5 Å². The monoisotopic (exact) mass is 473 g/mol. The van der Waals surface area contributed by atoms with Crippen LogP contribution in [0, 0.1) is 0 Å². The fourth-order valence-electron chi connectivity index (χ4n) is 5.64. The summed E-state index contributed by atoms with van der Waals surface area (Å²) in [4.78, 5) is 27.1. The van der Waals surface area contributed by atoms with Gasteiger partial charge in [-0.15, -0.1) is 0 Å². The Hall–Kier alpha value is -3.54. The van der Waals surface area contributed by atoms with Gasteiger partial charge in [-0.2, -0.15) is 0 Å². The van der Waals surface area contributed by atoms with Crippen LogP contribution < -0.4 is 10.1 Å². The van der Waals surface area contributed by atoms with Crippen LogP contribution in [0.1, 0.15) is 68.4 Å². The van der Waals surface area contributed by atoms with Crippen LogP contribution in [0.4, 0.5) is 0 Å². The van der Waals surface area contributed by atoms with Gasteiger partial charge in [-0.25, -0.2) is 4.79 Å². The number of rotatable bonds is 5. The number of carbonyl (C=O) groups excluding carboxylic acids is 2. The minimum Gasteiger partial charge on any atom is -0.508 e. The second-order valence-corrected chi connectivity index (χ2v) is 9.69. The number of hydrogen-bond acceptors (Lipinski definition) is 6. The Kier molecular flexibility index (Phi) is 6.37. The van der Waals surface area contributed by atoms with Gasteiger partial charge in [0, 0.05) is 29.3 Å². The number of nitrogens with one attached hydrogen (secondary N) is 1. The number of esters is 1. The molecule has 0 saturated heterocycles. The fraction of sp³-hybridized carbons (Fsp3) is 0.379. The van der Waals surface area contributed by atoms with Gasteiger partial charge in [0.25, 0.3) is 0 Å². The number of hydrogen-bond donors (Lipinski definition) is 2. The van der Waals surface area contributed by atoms with Crippen molar-refractivity contribution in [1.82, 2.24) is 5.32 Å². The first-order valence-corrected chi connectivity index (χ1v) is 12.3. The first-order valence-electron chi connectivity index (χ1n) is 12.3. The van der Waals surface area contributed by atoms with Crippen LogP contribution in [0.3, 0.4) is 0 Å². The Morgan fingerprint density at radius 2 is 1.63 bits per heavy atom. The van der Waals surface area contributed by atoms with Gasteiger partial charge in [0.2, 0.25) is 0 Å². The third-order valence-electron chi connectivity index (χ3n) is 7.44. The van der Waals surface area contributed by atoms with E-state index in [4.69, 9.17) is 9.47 Å². The maximum atomic E-state index is 13.7. The van der Waals surface area contributed by atoms with Crippen molar-refractivity contribution < 1.29 is 24.2 Å². The third-order valence-corrected chi connectivity index (χ3v) is 7.44. The third kappa shape index (κ3) is 4.57. The number of carbonyl (C=O) groups is 2. The van der Waals surface area contributed by atoms with Gasteiger partial charge in [0.05, 0.1) is 12.7 Å². The Balaban J connectivity index is 1.51. The average molecular weight is 474 g/mol. The maximum absolute atomic E-state index is 13.7. The van der Waals surface area contributed by atoms with E-state index < -0.39 is 5.92 Å². The van der Waals surface area contributed by atoms with Crippen LogP contribution in [-0.2, 0) is 14.3 Å². The van der Waals surface area contributed by atoms with Crippen LogP contribution in [0.5, 0.6) is 11.5 Å². The van der Waals surface area contributed by atoms with Crippen LogP contribution in [-0.4, -0.2) is 30.1 Å². The highest BCUT2D eigenvalue weighted by molar-refractivity contribution is 6.04. The Morgan fingerprint density at radius 1 is 0.971 bits per heavy atom. The number of phenolic OH excluding ortho intramolecular Hbond substituents is 1. The second-order valence-electron chi connectivity index (χ2n) is 9.69. The molecule has 0 amide bonds. The quantitative estimate of drug-likeness (QED) is 0.577. The molecule has 3 aliphatic rings. The van der Waals surface area contributed by atoms with E-state index >= 15 is 0 Å². The maximum Gasteiger partial charge on any atom is 0.337 e. The molecule has 0 bridgehead atoms. The predicted octanol–water partition coefficient (Wildman–Crippen LogP) is 5.25. The van der Waals surface area contributed by atoms with Crippen molar-refractivity contribution >= 4 is 11.8 Å². The normalized spacial score (nSPS) is 22.6. The van der Waals surface area contributed by atoms with Crippen molar-refractivity contribution in [2.24, 2.45) is 0 Å². The van der Waals surface area contributed by atoms with Crippen molar-refractivity contribution in [2.45, 2.75) is 63.4 Å². The number of dihydropyridines is 1. The summed E-state index contributed by atoms with van der Waals surface area (Å²) >= 11 is 0. The number of Topliss-reactive ketones (excluding diaryl/α,β-unsaturated/α-hetero) is 1. The van der Waals surface area contributed by atoms with Crippen LogP contribution in [0.25, 0.3) is 0 Å². The van der Waals surface area contributed by atoms with Crippen molar-refractivity contribution in [3.63, 3.8) is 0 Å². The van der Waals surface area contributed by atoms with Crippen molar-refractivity contribution in [2.75, 3.05) is 7.11 Å². The SMILES string of the molecule is COc1ccc([C@H]2CC(=O)C3=C(C2)NC(C)=C(C(=O)OC2CCCC2)[C@@H]3c2ccc(O)cc2)cc1. The van der Waals surface area contributed by atoms with Gasteiger partial charge in [0.1, 0.15) is 17.6 Å². The molecule has 2 aliphatic carbocycles. The molecule has 0 unspecified atom stereocenters. The van der Waals surface area contributed by atoms with E-state index in [1.54, 1.807) is 31.4 Å². The van der Waals surface area contributed by atoms with Crippen LogP contribution >= 0.6 is 0 Å². The van der Waals surface area contributed by atoms with E-state index in [2.05, 4.69) is 5.32 Å². The molecular weight excluding hydrogens is 442 g/mol. The number of allylic oxidation sites excluding steroid dienone is 3. The van der Waals surface area contributed by atoms with Crippen molar-refractivity contribution in [3.8, 4) is 11.5 Å². The number of ether oxygens (including phenoxy) is 2. The highest BCUT2D eigenvalue weighted by Gasteiger charge is 2.42. The number of aromatic hydroxyl groups is 1. The topological polar surface area (TPSA) is 84.9 Å². The summed E-state index contributed by atoms with van der Waals surface area (Å²) in [7, 11) is 1.63. The van der Waals surface area contributed by atoms with E-state index in [1.807, 2.05) is 31.2 Å². The number of benzene rings is 2. The zero-order chi connectivity index (χ0) is 24.5. The average Bonchev–Trinajstić information content (AvgIpc) is 3.36. The lowest BCUT2D eigenvalue weighted by molar-refractivity contribution is -0.144.